The fourth-order valence-corrected chi connectivity index (χ4v) is 1.38. The number of non-ortho nitro benzene ring substituents is 1. The number of hydrogen-bond acceptors (Lipinski definition) is 4. The molecule has 1 aromatic carbocycles. The topological polar surface area (TPSA) is 134 Å². The van der Waals surface area contributed by atoms with Crippen LogP contribution in [0.1, 0.15) is 5.56 Å². The maximum absolute atomic E-state index is 10.9. The SMILES string of the molecule is NC(N)=[N+]([O-])N=Cc1ccc([N+](=O)[O-])cc1Br. The molecule has 0 aromatic heterocycles. The molecule has 0 heterocycles. The summed E-state index contributed by atoms with van der Waals surface area (Å²) in [6.07, 6.45) is 1.18. The van der Waals surface area contributed by atoms with Gasteiger partial charge in [-0.2, -0.15) is 0 Å². The molecule has 0 bridgehead atoms. The molecule has 9 heteroatoms. The van der Waals surface area contributed by atoms with Crippen LogP contribution < -0.4 is 11.5 Å². The van der Waals surface area contributed by atoms with E-state index in [4.69, 9.17) is 11.5 Å². The van der Waals surface area contributed by atoms with Crippen molar-refractivity contribution in [3.05, 3.63) is 43.6 Å². The summed E-state index contributed by atoms with van der Waals surface area (Å²) in [4.78, 5) is 9.98. The van der Waals surface area contributed by atoms with Crippen molar-refractivity contribution in [2.24, 2.45) is 16.6 Å². The smallest absolute Gasteiger partial charge is 0.366 e. The summed E-state index contributed by atoms with van der Waals surface area (Å²) in [5, 5.41) is 24.8. The first-order chi connectivity index (χ1) is 7.91. The summed E-state index contributed by atoms with van der Waals surface area (Å²) in [6.45, 7) is 0. The van der Waals surface area contributed by atoms with Gasteiger partial charge in [0.2, 0.25) is 0 Å². The Kier molecular flexibility index (Phi) is 3.99. The van der Waals surface area contributed by atoms with Crippen LogP contribution in [-0.2, 0) is 0 Å². The number of nitrogens with two attached hydrogens (primary N) is 2. The number of guanidine groups is 1. The summed E-state index contributed by atoms with van der Waals surface area (Å²) >= 11 is 3.12. The highest BCUT2D eigenvalue weighted by Crippen LogP contribution is 2.21. The summed E-state index contributed by atoms with van der Waals surface area (Å²) in [5.41, 5.74) is 10.4. The fraction of sp³-hybridized carbons (Fsp3) is 0. The van der Waals surface area contributed by atoms with Crippen LogP contribution in [0.3, 0.4) is 0 Å². The van der Waals surface area contributed by atoms with Crippen molar-refractivity contribution in [2.75, 3.05) is 0 Å². The van der Waals surface area contributed by atoms with Crippen LogP contribution in [0.15, 0.2) is 27.8 Å². The molecule has 0 radical (unpaired) electrons. The maximum atomic E-state index is 10.9. The third-order valence-corrected chi connectivity index (χ3v) is 2.40. The highest BCUT2D eigenvalue weighted by molar-refractivity contribution is 9.10. The van der Waals surface area contributed by atoms with Crippen molar-refractivity contribution >= 4 is 33.8 Å². The summed E-state index contributed by atoms with van der Waals surface area (Å²) in [7, 11) is 0. The number of hydrogen-bond donors (Lipinski definition) is 2. The average Bonchev–Trinajstić information content (AvgIpc) is 2.26. The molecular formula is C8H8BrN5O3. The Morgan fingerprint density at radius 2 is 2.06 bits per heavy atom. The van der Waals surface area contributed by atoms with Crippen LogP contribution >= 0.6 is 15.9 Å². The van der Waals surface area contributed by atoms with Crippen LogP contribution in [0, 0.1) is 15.3 Å². The lowest BCUT2D eigenvalue weighted by atomic mass is 10.2. The zero-order valence-electron chi connectivity index (χ0n) is 8.41. The number of hydrazone groups is 1. The Morgan fingerprint density at radius 1 is 1.41 bits per heavy atom. The minimum Gasteiger partial charge on any atom is -0.722 e. The third kappa shape index (κ3) is 3.41. The zero-order chi connectivity index (χ0) is 13.0. The van der Waals surface area contributed by atoms with Gasteiger partial charge in [-0.25, -0.2) is 0 Å². The van der Waals surface area contributed by atoms with E-state index in [1.54, 1.807) is 0 Å². The van der Waals surface area contributed by atoms with E-state index in [-0.39, 0.29) is 10.5 Å². The Bertz CT molecular complexity index is 510. The Balaban J connectivity index is 3.02. The van der Waals surface area contributed by atoms with Crippen molar-refractivity contribution in [2.45, 2.75) is 0 Å². The monoisotopic (exact) mass is 301 g/mol. The van der Waals surface area contributed by atoms with E-state index in [2.05, 4.69) is 21.0 Å². The van der Waals surface area contributed by atoms with Gasteiger partial charge in [-0.15, -0.1) is 9.95 Å². The first-order valence-corrected chi connectivity index (χ1v) is 5.04. The van der Waals surface area contributed by atoms with Gasteiger partial charge in [0.25, 0.3) is 5.69 Å². The second-order valence-electron chi connectivity index (χ2n) is 2.91. The van der Waals surface area contributed by atoms with E-state index >= 15 is 0 Å². The van der Waals surface area contributed by atoms with Gasteiger partial charge >= 0.3 is 5.96 Å². The number of rotatable bonds is 3. The predicted octanol–water partition coefficient (Wildman–Crippen LogP) is 0.475. The lowest BCUT2D eigenvalue weighted by Gasteiger charge is -2.03. The predicted molar refractivity (Wildman–Crippen MR) is 65.4 cm³/mol. The van der Waals surface area contributed by atoms with Gasteiger partial charge in [0.05, 0.1) is 11.1 Å². The van der Waals surface area contributed by atoms with Gasteiger partial charge in [-0.3, -0.25) is 21.6 Å². The molecule has 0 spiro atoms. The molecule has 17 heavy (non-hydrogen) atoms. The lowest BCUT2D eigenvalue weighted by molar-refractivity contribution is -0.463. The molecule has 0 atom stereocenters. The lowest BCUT2D eigenvalue weighted by Crippen LogP contribution is -2.30. The maximum Gasteiger partial charge on any atom is 0.366 e. The summed E-state index contributed by atoms with van der Waals surface area (Å²) in [5.74, 6) is -0.501. The van der Waals surface area contributed by atoms with Crippen molar-refractivity contribution < 1.29 is 9.77 Å². The van der Waals surface area contributed by atoms with E-state index < -0.39 is 10.9 Å². The largest absolute Gasteiger partial charge is 0.722 e. The van der Waals surface area contributed by atoms with E-state index in [1.165, 1.54) is 24.4 Å². The van der Waals surface area contributed by atoms with Crippen molar-refractivity contribution in [3.8, 4) is 0 Å². The molecule has 0 saturated heterocycles. The summed E-state index contributed by atoms with van der Waals surface area (Å²) < 4.78 is 0.430. The molecular weight excluding hydrogens is 294 g/mol. The molecule has 1 aromatic rings. The highest BCUT2D eigenvalue weighted by Gasteiger charge is 2.07. The van der Waals surface area contributed by atoms with Gasteiger partial charge in [0, 0.05) is 22.2 Å². The van der Waals surface area contributed by atoms with Crippen molar-refractivity contribution in [3.63, 3.8) is 0 Å². The van der Waals surface area contributed by atoms with Gasteiger partial charge < -0.3 is 5.21 Å². The molecule has 0 fully saturated rings. The van der Waals surface area contributed by atoms with E-state index in [0.29, 0.717) is 10.0 Å². The molecule has 1 rings (SSSR count). The molecule has 4 N–H and O–H groups in total. The number of benzene rings is 1. The molecule has 8 nitrogen and oxygen atoms in total. The summed E-state index contributed by atoms with van der Waals surface area (Å²) in [6, 6.07) is 4.02. The number of nitrogens with zero attached hydrogens (tertiary/aromatic N) is 3. The second-order valence-corrected chi connectivity index (χ2v) is 3.76. The third-order valence-electron chi connectivity index (χ3n) is 1.72. The van der Waals surface area contributed by atoms with Gasteiger partial charge in [-0.1, -0.05) is 0 Å². The number of nitro groups is 1. The Morgan fingerprint density at radius 3 is 2.53 bits per heavy atom. The molecule has 0 aliphatic rings. The van der Waals surface area contributed by atoms with E-state index in [0.717, 1.165) is 0 Å². The van der Waals surface area contributed by atoms with Crippen molar-refractivity contribution in [1.82, 2.24) is 0 Å². The van der Waals surface area contributed by atoms with Crippen molar-refractivity contribution in [1.29, 1.82) is 0 Å². The van der Waals surface area contributed by atoms with Gasteiger partial charge in [-0.05, 0) is 22.0 Å². The first kappa shape index (κ1) is 12.9. The van der Waals surface area contributed by atoms with Crippen LogP contribution in [0.5, 0.6) is 0 Å². The molecule has 0 aliphatic carbocycles. The molecule has 0 saturated carbocycles. The molecule has 0 aliphatic heterocycles. The molecule has 90 valence electrons. The second kappa shape index (κ2) is 5.25. The Labute approximate surface area is 104 Å². The van der Waals surface area contributed by atoms with Crippen LogP contribution in [0.25, 0.3) is 0 Å². The number of halogens is 1. The highest BCUT2D eigenvalue weighted by atomic mass is 79.9. The number of nitro benzene ring substituents is 1. The fourth-order valence-electron chi connectivity index (χ4n) is 0.916. The standard InChI is InChI=1S/C8H8BrN5O3/c9-7-3-6(14(16)17)2-1-5(7)4-12-13(15)8(10)11/h1-4H,10-11H2. The van der Waals surface area contributed by atoms with Crippen LogP contribution in [0.4, 0.5) is 5.69 Å². The normalized spacial score (nSPS) is 10.4. The minimum atomic E-state index is -0.531. The van der Waals surface area contributed by atoms with Crippen LogP contribution in [0.2, 0.25) is 0 Å². The van der Waals surface area contributed by atoms with E-state index in [1.807, 2.05) is 0 Å². The molecule has 0 amide bonds. The zero-order valence-corrected chi connectivity index (χ0v) is 9.99. The van der Waals surface area contributed by atoms with Crippen LogP contribution in [-0.4, -0.2) is 21.9 Å². The van der Waals surface area contributed by atoms with Gasteiger partial charge in [0.15, 0.2) is 0 Å². The average molecular weight is 302 g/mol. The van der Waals surface area contributed by atoms with Gasteiger partial charge in [0.1, 0.15) is 0 Å². The minimum absolute atomic E-state index is 0.0356. The Hall–Kier alpha value is -2.16. The van der Waals surface area contributed by atoms with E-state index in [9.17, 15) is 15.3 Å². The molecule has 0 unspecified atom stereocenters. The quantitative estimate of drug-likeness (QED) is 0.209. The first-order valence-electron chi connectivity index (χ1n) is 4.25.